The molecule has 0 aromatic carbocycles. The molecule has 3 aliphatic rings. The van der Waals surface area contributed by atoms with Gasteiger partial charge in [-0.15, -0.1) is 10.2 Å². The minimum atomic E-state index is 0.0606. The number of rotatable bonds is 2. The maximum atomic E-state index is 6.26. The Kier molecular flexibility index (Phi) is 3.63. The molecule has 2 atom stereocenters. The van der Waals surface area contributed by atoms with Gasteiger partial charge in [0, 0.05) is 25.7 Å². The molecule has 6 heteroatoms. The Labute approximate surface area is 130 Å². The van der Waals surface area contributed by atoms with Gasteiger partial charge in [-0.1, -0.05) is 11.3 Å². The Hall–Kier alpha value is -0.720. The fraction of sp³-hybridized carbons (Fsp3) is 0.867. The maximum absolute atomic E-state index is 6.26. The molecule has 3 aliphatic heterocycles. The molecule has 1 spiro atoms. The van der Waals surface area contributed by atoms with E-state index in [0.717, 1.165) is 42.3 Å². The van der Waals surface area contributed by atoms with Crippen LogP contribution in [0.5, 0.6) is 0 Å². The molecule has 0 radical (unpaired) electrons. The third-order valence-corrected chi connectivity index (χ3v) is 6.13. The van der Waals surface area contributed by atoms with Gasteiger partial charge < -0.3 is 14.5 Å². The zero-order valence-corrected chi connectivity index (χ0v) is 13.6. The van der Waals surface area contributed by atoms with Crippen molar-refractivity contribution < 1.29 is 4.74 Å². The van der Waals surface area contributed by atoms with Gasteiger partial charge in [-0.2, -0.15) is 0 Å². The molecule has 5 nitrogen and oxygen atoms in total. The number of nitrogens with zero attached hydrogens (tertiary/aromatic N) is 4. The number of hydrogen-bond donors (Lipinski definition) is 0. The van der Waals surface area contributed by atoms with Crippen LogP contribution in [0.1, 0.15) is 37.1 Å². The molecule has 4 rings (SSSR count). The highest BCUT2D eigenvalue weighted by Gasteiger charge is 2.45. The van der Waals surface area contributed by atoms with Crippen LogP contribution in [0, 0.1) is 6.92 Å². The summed E-state index contributed by atoms with van der Waals surface area (Å²) in [7, 11) is 0. The van der Waals surface area contributed by atoms with E-state index in [9.17, 15) is 0 Å². The van der Waals surface area contributed by atoms with Crippen LogP contribution in [0.3, 0.4) is 0 Å². The zero-order valence-electron chi connectivity index (χ0n) is 12.8. The number of aryl methyl sites for hydroxylation is 1. The number of aromatic nitrogens is 2. The van der Waals surface area contributed by atoms with Crippen LogP contribution >= 0.6 is 11.3 Å². The SMILES string of the molecule is Cc1nnc(N2CC[C@@]3(C[C@@H](N4CCCC4)CCO3)C2)s1. The van der Waals surface area contributed by atoms with Crippen molar-refractivity contribution in [2.24, 2.45) is 0 Å². The number of anilines is 1. The first-order valence-corrected chi connectivity index (χ1v) is 8.99. The molecule has 3 fully saturated rings. The van der Waals surface area contributed by atoms with Gasteiger partial charge in [0.25, 0.3) is 0 Å². The molecule has 0 bridgehead atoms. The molecule has 0 amide bonds. The van der Waals surface area contributed by atoms with Crippen molar-refractivity contribution in [3.8, 4) is 0 Å². The lowest BCUT2D eigenvalue weighted by Crippen LogP contribution is -2.49. The van der Waals surface area contributed by atoms with E-state index >= 15 is 0 Å². The predicted octanol–water partition coefficient (Wildman–Crippen LogP) is 2.07. The van der Waals surface area contributed by atoms with E-state index in [1.807, 2.05) is 6.92 Å². The van der Waals surface area contributed by atoms with E-state index in [4.69, 9.17) is 4.74 Å². The van der Waals surface area contributed by atoms with E-state index in [0.29, 0.717) is 0 Å². The second-order valence-corrected chi connectivity index (χ2v) is 7.86. The van der Waals surface area contributed by atoms with Gasteiger partial charge in [-0.25, -0.2) is 0 Å². The van der Waals surface area contributed by atoms with E-state index in [-0.39, 0.29) is 5.60 Å². The zero-order chi connectivity index (χ0) is 14.3. The molecule has 0 aliphatic carbocycles. The van der Waals surface area contributed by atoms with Crippen molar-refractivity contribution in [3.63, 3.8) is 0 Å². The fourth-order valence-electron chi connectivity index (χ4n) is 4.13. The van der Waals surface area contributed by atoms with Crippen molar-refractivity contribution >= 4 is 16.5 Å². The highest BCUT2D eigenvalue weighted by Crippen LogP contribution is 2.38. The van der Waals surface area contributed by atoms with Gasteiger partial charge in [0.05, 0.1) is 5.60 Å². The van der Waals surface area contributed by atoms with Gasteiger partial charge in [-0.05, 0) is 52.1 Å². The van der Waals surface area contributed by atoms with Gasteiger partial charge in [0.2, 0.25) is 5.13 Å². The third-order valence-electron chi connectivity index (χ3n) is 5.23. The summed E-state index contributed by atoms with van der Waals surface area (Å²) in [4.78, 5) is 5.07. The van der Waals surface area contributed by atoms with E-state index in [1.165, 1.54) is 38.8 Å². The molecule has 1 aromatic heterocycles. The molecule has 21 heavy (non-hydrogen) atoms. The van der Waals surface area contributed by atoms with Crippen molar-refractivity contribution in [2.45, 2.75) is 50.7 Å². The number of ether oxygens (including phenoxy) is 1. The van der Waals surface area contributed by atoms with Gasteiger partial charge >= 0.3 is 0 Å². The van der Waals surface area contributed by atoms with Crippen LogP contribution < -0.4 is 4.90 Å². The van der Waals surface area contributed by atoms with E-state index in [2.05, 4.69) is 20.0 Å². The first-order chi connectivity index (χ1) is 10.2. The average Bonchev–Trinajstić information content (AvgIpc) is 3.20. The molecule has 116 valence electrons. The van der Waals surface area contributed by atoms with Crippen LogP contribution in [-0.4, -0.2) is 59.5 Å². The van der Waals surface area contributed by atoms with Gasteiger partial charge in [0.1, 0.15) is 5.01 Å². The van der Waals surface area contributed by atoms with Gasteiger partial charge in [0.15, 0.2) is 0 Å². The smallest absolute Gasteiger partial charge is 0.208 e. The minimum Gasteiger partial charge on any atom is -0.373 e. The minimum absolute atomic E-state index is 0.0606. The molecule has 0 unspecified atom stereocenters. The molecule has 0 saturated carbocycles. The lowest BCUT2D eigenvalue weighted by atomic mass is 9.89. The first kappa shape index (κ1) is 13.9. The summed E-state index contributed by atoms with van der Waals surface area (Å²) in [6.07, 6.45) is 6.29. The summed E-state index contributed by atoms with van der Waals surface area (Å²) in [5.41, 5.74) is 0.0606. The summed E-state index contributed by atoms with van der Waals surface area (Å²) in [5.74, 6) is 0. The summed E-state index contributed by atoms with van der Waals surface area (Å²) in [6, 6.07) is 0.734. The number of likely N-dealkylation sites (tertiary alicyclic amines) is 1. The standard InChI is InChI=1S/C15H24N4OS/c1-12-16-17-14(21-12)19-8-5-15(11-19)10-13(4-9-20-15)18-6-2-3-7-18/h13H,2-11H2,1H3/t13-,15+/m0/s1. The lowest BCUT2D eigenvalue weighted by Gasteiger charge is -2.41. The molecule has 3 saturated heterocycles. The Morgan fingerprint density at radius 1 is 1.24 bits per heavy atom. The molecular weight excluding hydrogens is 284 g/mol. The normalized spacial score (nSPS) is 34.1. The van der Waals surface area contributed by atoms with E-state index in [1.54, 1.807) is 11.3 Å². The van der Waals surface area contributed by atoms with Crippen LogP contribution in [0.25, 0.3) is 0 Å². The van der Waals surface area contributed by atoms with Crippen LogP contribution in [-0.2, 0) is 4.74 Å². The topological polar surface area (TPSA) is 41.5 Å². The highest BCUT2D eigenvalue weighted by molar-refractivity contribution is 7.15. The van der Waals surface area contributed by atoms with Crippen molar-refractivity contribution in [1.29, 1.82) is 0 Å². The van der Waals surface area contributed by atoms with Crippen LogP contribution in [0.4, 0.5) is 5.13 Å². The molecule has 4 heterocycles. The van der Waals surface area contributed by atoms with Crippen molar-refractivity contribution in [3.05, 3.63) is 5.01 Å². The highest BCUT2D eigenvalue weighted by atomic mass is 32.1. The molecular formula is C15H24N4OS. The van der Waals surface area contributed by atoms with Crippen molar-refractivity contribution in [1.82, 2.24) is 15.1 Å². The molecule has 1 aromatic rings. The third kappa shape index (κ3) is 2.69. The second-order valence-electron chi connectivity index (χ2n) is 6.70. The number of hydrogen-bond acceptors (Lipinski definition) is 6. The Balaban J connectivity index is 1.45. The largest absolute Gasteiger partial charge is 0.373 e. The van der Waals surface area contributed by atoms with Crippen LogP contribution in [0.15, 0.2) is 0 Å². The average molecular weight is 308 g/mol. The Morgan fingerprint density at radius 3 is 2.86 bits per heavy atom. The molecule has 0 N–H and O–H groups in total. The second kappa shape index (κ2) is 5.48. The summed E-state index contributed by atoms with van der Waals surface area (Å²) in [5, 5.41) is 10.6. The summed E-state index contributed by atoms with van der Waals surface area (Å²) >= 11 is 1.70. The maximum Gasteiger partial charge on any atom is 0.208 e. The van der Waals surface area contributed by atoms with Crippen molar-refractivity contribution in [2.75, 3.05) is 37.7 Å². The predicted molar refractivity (Wildman–Crippen MR) is 84.0 cm³/mol. The first-order valence-electron chi connectivity index (χ1n) is 8.17. The van der Waals surface area contributed by atoms with E-state index < -0.39 is 0 Å². The monoisotopic (exact) mass is 308 g/mol. The summed E-state index contributed by atoms with van der Waals surface area (Å²) < 4.78 is 6.26. The Morgan fingerprint density at radius 2 is 2.10 bits per heavy atom. The Bertz CT molecular complexity index is 502. The summed E-state index contributed by atoms with van der Waals surface area (Å²) in [6.45, 7) is 7.57. The van der Waals surface area contributed by atoms with Crippen LogP contribution in [0.2, 0.25) is 0 Å². The fourth-order valence-corrected chi connectivity index (χ4v) is 4.84. The van der Waals surface area contributed by atoms with Gasteiger partial charge in [-0.3, -0.25) is 0 Å². The lowest BCUT2D eigenvalue weighted by molar-refractivity contribution is -0.0897. The quantitative estimate of drug-likeness (QED) is 0.836.